The minimum atomic E-state index is -0.804. The van der Waals surface area contributed by atoms with Crippen LogP contribution in [0.1, 0.15) is 30.9 Å². The van der Waals surface area contributed by atoms with Gasteiger partial charge in [-0.2, -0.15) is 0 Å². The van der Waals surface area contributed by atoms with Gasteiger partial charge in [0.1, 0.15) is 0 Å². The Hall–Kier alpha value is -1.65. The fourth-order valence-electron chi connectivity index (χ4n) is 2.95. The van der Waals surface area contributed by atoms with Crippen LogP contribution < -0.4 is 0 Å². The first-order chi connectivity index (χ1) is 10.4. The molecule has 0 aliphatic heterocycles. The molecule has 1 aliphatic carbocycles. The van der Waals surface area contributed by atoms with Crippen molar-refractivity contribution in [2.75, 3.05) is 27.7 Å². The molecule has 0 saturated heterocycles. The van der Waals surface area contributed by atoms with Gasteiger partial charge in [0.15, 0.2) is 0 Å². The van der Waals surface area contributed by atoms with Gasteiger partial charge in [-0.15, -0.1) is 0 Å². The molecular weight excluding hydrogens is 276 g/mol. The van der Waals surface area contributed by atoms with Crippen LogP contribution in [-0.4, -0.2) is 54.1 Å². The van der Waals surface area contributed by atoms with Crippen LogP contribution in [-0.2, 0) is 4.79 Å². The van der Waals surface area contributed by atoms with Crippen LogP contribution in [0.4, 0.5) is 0 Å². The topological polar surface area (TPSA) is 43.8 Å². The molecule has 1 aromatic rings. The van der Waals surface area contributed by atoms with Gasteiger partial charge in [-0.05, 0) is 38.9 Å². The van der Waals surface area contributed by atoms with Crippen molar-refractivity contribution in [1.82, 2.24) is 9.80 Å². The summed E-state index contributed by atoms with van der Waals surface area (Å²) in [6, 6.07) is 9.51. The maximum atomic E-state index is 12.4. The van der Waals surface area contributed by atoms with Crippen molar-refractivity contribution < 1.29 is 9.90 Å². The Morgan fingerprint density at radius 1 is 1.27 bits per heavy atom. The highest BCUT2D eigenvalue weighted by atomic mass is 16.3. The van der Waals surface area contributed by atoms with Crippen LogP contribution in [0.2, 0.25) is 0 Å². The highest BCUT2D eigenvalue weighted by Crippen LogP contribution is 2.44. The predicted molar refractivity (Wildman–Crippen MR) is 88.4 cm³/mol. The zero-order valence-corrected chi connectivity index (χ0v) is 13.7. The van der Waals surface area contributed by atoms with Crippen molar-refractivity contribution in [2.24, 2.45) is 0 Å². The molecular formula is C18H26N2O2. The first-order valence-electron chi connectivity index (χ1n) is 7.79. The van der Waals surface area contributed by atoms with Crippen LogP contribution in [0.15, 0.2) is 42.5 Å². The van der Waals surface area contributed by atoms with E-state index in [4.69, 9.17) is 0 Å². The number of hydrogen-bond acceptors (Lipinski definition) is 3. The van der Waals surface area contributed by atoms with Gasteiger partial charge in [-0.3, -0.25) is 4.79 Å². The number of likely N-dealkylation sites (N-methyl/N-ethyl adjacent to an activating group) is 2. The number of rotatable bonds is 6. The van der Waals surface area contributed by atoms with E-state index >= 15 is 0 Å². The summed E-state index contributed by atoms with van der Waals surface area (Å²) in [7, 11) is 5.70. The quantitative estimate of drug-likeness (QED) is 0.820. The van der Waals surface area contributed by atoms with E-state index in [0.717, 1.165) is 31.4 Å². The van der Waals surface area contributed by atoms with Gasteiger partial charge in [-0.1, -0.05) is 36.4 Å². The molecule has 1 atom stereocenters. The molecule has 1 amide bonds. The SMILES string of the molecule is CN(C)C/C=C/C(=O)N(C)C(c1ccccc1)C1(O)CCC1. The first-order valence-corrected chi connectivity index (χ1v) is 7.79. The van der Waals surface area contributed by atoms with E-state index in [1.807, 2.05) is 55.4 Å². The molecule has 22 heavy (non-hydrogen) atoms. The van der Waals surface area contributed by atoms with Crippen LogP contribution in [0.25, 0.3) is 0 Å². The van der Waals surface area contributed by atoms with Gasteiger partial charge in [0, 0.05) is 19.7 Å². The van der Waals surface area contributed by atoms with Crippen molar-refractivity contribution >= 4 is 5.91 Å². The summed E-state index contributed by atoms with van der Waals surface area (Å²) >= 11 is 0. The largest absolute Gasteiger partial charge is 0.387 e. The predicted octanol–water partition coefficient (Wildman–Crippen LogP) is 2.22. The Morgan fingerprint density at radius 3 is 2.41 bits per heavy atom. The summed E-state index contributed by atoms with van der Waals surface area (Å²) in [5, 5.41) is 10.8. The molecule has 4 nitrogen and oxygen atoms in total. The summed E-state index contributed by atoms with van der Waals surface area (Å²) < 4.78 is 0. The molecule has 0 bridgehead atoms. The maximum Gasteiger partial charge on any atom is 0.246 e. The molecule has 120 valence electrons. The third-order valence-electron chi connectivity index (χ3n) is 4.31. The summed E-state index contributed by atoms with van der Waals surface area (Å²) in [6.07, 6.45) is 5.94. The number of benzene rings is 1. The second kappa shape index (κ2) is 7.07. The van der Waals surface area contributed by atoms with Crippen molar-refractivity contribution in [3.05, 3.63) is 48.0 Å². The normalized spacial score (nSPS) is 18.2. The van der Waals surface area contributed by atoms with Crippen LogP contribution in [0.3, 0.4) is 0 Å². The summed E-state index contributed by atoms with van der Waals surface area (Å²) in [6.45, 7) is 0.722. The average molecular weight is 302 g/mol. The molecule has 0 aromatic heterocycles. The van der Waals surface area contributed by atoms with Crippen molar-refractivity contribution in [3.8, 4) is 0 Å². The Morgan fingerprint density at radius 2 is 1.91 bits per heavy atom. The smallest absolute Gasteiger partial charge is 0.246 e. The summed E-state index contributed by atoms with van der Waals surface area (Å²) in [5.41, 5.74) is 0.183. The minimum absolute atomic E-state index is 0.0731. The number of carbonyl (C=O) groups is 1. The highest BCUT2D eigenvalue weighted by molar-refractivity contribution is 5.87. The lowest BCUT2D eigenvalue weighted by Crippen LogP contribution is -2.50. The third-order valence-corrected chi connectivity index (χ3v) is 4.31. The first kappa shape index (κ1) is 16.7. The van der Waals surface area contributed by atoms with Crippen LogP contribution in [0.5, 0.6) is 0 Å². The van der Waals surface area contributed by atoms with Gasteiger partial charge in [0.2, 0.25) is 5.91 Å². The highest BCUT2D eigenvalue weighted by Gasteiger charge is 2.45. The van der Waals surface area contributed by atoms with E-state index in [0.29, 0.717) is 0 Å². The Bertz CT molecular complexity index is 521. The van der Waals surface area contributed by atoms with Gasteiger partial charge in [0.05, 0.1) is 11.6 Å². The Labute approximate surface area is 133 Å². The van der Waals surface area contributed by atoms with E-state index in [2.05, 4.69) is 0 Å². The number of carbonyl (C=O) groups excluding carboxylic acids is 1. The standard InChI is InChI=1S/C18H26N2O2/c1-19(2)14-7-11-16(21)20(3)17(18(22)12-8-13-18)15-9-5-4-6-10-15/h4-7,9-11,17,22H,8,12-14H2,1-3H3/b11-7+. The Kier molecular flexibility index (Phi) is 5.37. The lowest BCUT2D eigenvalue weighted by atomic mass is 9.72. The molecule has 4 heteroatoms. The number of aliphatic hydroxyl groups is 1. The van der Waals surface area contributed by atoms with Crippen molar-refractivity contribution in [1.29, 1.82) is 0 Å². The van der Waals surface area contributed by atoms with E-state index < -0.39 is 5.60 Å². The number of nitrogens with zero attached hydrogens (tertiary/aromatic N) is 2. The molecule has 0 spiro atoms. The fraction of sp³-hybridized carbons (Fsp3) is 0.500. The van der Waals surface area contributed by atoms with Gasteiger partial charge in [0.25, 0.3) is 0 Å². The second-order valence-corrected chi connectivity index (χ2v) is 6.38. The van der Waals surface area contributed by atoms with Crippen molar-refractivity contribution in [3.63, 3.8) is 0 Å². The Balaban J connectivity index is 2.18. The number of hydrogen-bond donors (Lipinski definition) is 1. The lowest BCUT2D eigenvalue weighted by molar-refractivity contribution is -0.141. The minimum Gasteiger partial charge on any atom is -0.387 e. The molecule has 0 heterocycles. The summed E-state index contributed by atoms with van der Waals surface area (Å²) in [4.78, 5) is 16.1. The van der Waals surface area contributed by atoms with Crippen LogP contribution in [0, 0.1) is 0 Å². The molecule has 1 aromatic carbocycles. The summed E-state index contributed by atoms with van der Waals surface area (Å²) in [5.74, 6) is -0.0731. The molecule has 1 saturated carbocycles. The zero-order valence-electron chi connectivity index (χ0n) is 13.7. The molecule has 2 rings (SSSR count). The van der Waals surface area contributed by atoms with E-state index in [1.54, 1.807) is 18.0 Å². The van der Waals surface area contributed by atoms with Crippen LogP contribution >= 0.6 is 0 Å². The number of amides is 1. The van der Waals surface area contributed by atoms with E-state index in [9.17, 15) is 9.90 Å². The molecule has 1 fully saturated rings. The molecule has 1 aliphatic rings. The zero-order chi connectivity index (χ0) is 16.2. The van der Waals surface area contributed by atoms with E-state index in [-0.39, 0.29) is 11.9 Å². The second-order valence-electron chi connectivity index (χ2n) is 6.38. The van der Waals surface area contributed by atoms with Gasteiger partial charge >= 0.3 is 0 Å². The van der Waals surface area contributed by atoms with Crippen molar-refractivity contribution in [2.45, 2.75) is 30.9 Å². The lowest BCUT2D eigenvalue weighted by Gasteiger charge is -2.47. The maximum absolute atomic E-state index is 12.4. The van der Waals surface area contributed by atoms with E-state index in [1.165, 1.54) is 0 Å². The fourth-order valence-corrected chi connectivity index (χ4v) is 2.95. The molecule has 0 radical (unpaired) electrons. The third kappa shape index (κ3) is 3.76. The van der Waals surface area contributed by atoms with Gasteiger partial charge < -0.3 is 14.9 Å². The molecule has 1 N–H and O–H groups in total. The van der Waals surface area contributed by atoms with Gasteiger partial charge in [-0.25, -0.2) is 0 Å². The monoisotopic (exact) mass is 302 g/mol. The average Bonchev–Trinajstić information content (AvgIpc) is 2.46. The molecule has 1 unspecified atom stereocenters.